The van der Waals surface area contributed by atoms with E-state index in [1.54, 1.807) is 48.5 Å². The molecule has 17 nitrogen and oxygen atoms in total. The number of carbonyl (C=O) groups excluding carboxylic acids is 1. The number of allylic oxidation sites excluding steroid dienone is 1. The summed E-state index contributed by atoms with van der Waals surface area (Å²) in [4.78, 5) is 23.6. The highest BCUT2D eigenvalue weighted by atomic mass is 35.5. The van der Waals surface area contributed by atoms with Crippen LogP contribution in [0.3, 0.4) is 0 Å². The second-order valence-corrected chi connectivity index (χ2v) is 14.3. The molecule has 0 aliphatic heterocycles. The van der Waals surface area contributed by atoms with Gasteiger partial charge in [-0.15, -0.1) is 5.11 Å². The van der Waals surface area contributed by atoms with Crippen molar-refractivity contribution in [1.29, 1.82) is 0 Å². The monoisotopic (exact) mass is 778 g/mol. The molecule has 0 radical (unpaired) electrons. The van der Waals surface area contributed by atoms with Crippen LogP contribution in [-0.4, -0.2) is 52.4 Å². The number of aryl methyl sites for hydroxylation is 1. The van der Waals surface area contributed by atoms with Gasteiger partial charge in [0.15, 0.2) is 0 Å². The number of carbonyl (C=O) groups is 1. The van der Waals surface area contributed by atoms with Gasteiger partial charge in [-0.1, -0.05) is 41.4 Å². The molecule has 1 aliphatic rings. The van der Waals surface area contributed by atoms with Gasteiger partial charge in [0.1, 0.15) is 21.2 Å². The van der Waals surface area contributed by atoms with Gasteiger partial charge < -0.3 is 16.4 Å². The molecule has 53 heavy (non-hydrogen) atoms. The minimum atomic E-state index is -4.89. The van der Waals surface area contributed by atoms with Crippen molar-refractivity contribution in [3.05, 3.63) is 107 Å². The fraction of sp³-hybridized carbons (Fsp3) is 0.0312. The fourth-order valence-electron chi connectivity index (χ4n) is 4.88. The number of hydrogen-bond donors (Lipinski definition) is 6. The summed E-state index contributed by atoms with van der Waals surface area (Å²) < 4.78 is 83.1. The SMILES string of the molecule is Cc1ccc(N=Nc2c(S(=O)(=O)O)cc3c(c2N)C(=O)/C(=N\Nc2cc(Nc4nc(F)nc(Nc5cccc(Cl)c5)n4)ccc2S(=O)(=O)O)C=C3)cc1. The highest BCUT2D eigenvalue weighted by molar-refractivity contribution is 7.86. The number of hydrazone groups is 1. The Kier molecular flexibility index (Phi) is 9.97. The van der Waals surface area contributed by atoms with Gasteiger partial charge in [-0.05, 0) is 73.2 Å². The number of nitrogens with two attached hydrogens (primary N) is 1. The van der Waals surface area contributed by atoms with Gasteiger partial charge in [0.05, 0.1) is 22.6 Å². The zero-order valence-corrected chi connectivity index (χ0v) is 29.2. The number of azo groups is 1. The Morgan fingerprint density at radius 2 is 1.47 bits per heavy atom. The number of anilines is 6. The molecule has 0 amide bonds. The lowest BCUT2D eigenvalue weighted by atomic mass is 9.92. The van der Waals surface area contributed by atoms with E-state index in [1.807, 2.05) is 6.92 Å². The minimum Gasteiger partial charge on any atom is -0.396 e. The predicted molar refractivity (Wildman–Crippen MR) is 195 cm³/mol. The zero-order chi connectivity index (χ0) is 38.1. The van der Waals surface area contributed by atoms with E-state index in [0.29, 0.717) is 16.4 Å². The summed E-state index contributed by atoms with van der Waals surface area (Å²) >= 11 is 6.00. The summed E-state index contributed by atoms with van der Waals surface area (Å²) in [6.45, 7) is 1.85. The Balaban J connectivity index is 1.31. The first-order valence-electron chi connectivity index (χ1n) is 14.9. The molecule has 270 valence electrons. The summed E-state index contributed by atoms with van der Waals surface area (Å²) in [5, 5.41) is 17.8. The van der Waals surface area contributed by atoms with Crippen molar-refractivity contribution in [2.75, 3.05) is 21.8 Å². The number of ketones is 1. The maximum Gasteiger partial charge on any atom is 0.315 e. The second kappa shape index (κ2) is 14.4. The van der Waals surface area contributed by atoms with Crippen LogP contribution in [-0.2, 0) is 20.2 Å². The summed E-state index contributed by atoms with van der Waals surface area (Å²) in [7, 11) is -9.75. The quantitative estimate of drug-likeness (QED) is 0.0376. The summed E-state index contributed by atoms with van der Waals surface area (Å²) in [6.07, 6.45) is 1.31. The maximum atomic E-state index is 14.3. The average molecular weight is 779 g/mol. The third-order valence-electron chi connectivity index (χ3n) is 7.29. The molecule has 6 rings (SSSR count). The third-order valence-corrected chi connectivity index (χ3v) is 9.30. The van der Waals surface area contributed by atoms with E-state index in [0.717, 1.165) is 23.8 Å². The second-order valence-electron chi connectivity index (χ2n) is 11.1. The van der Waals surface area contributed by atoms with Gasteiger partial charge in [0.2, 0.25) is 17.7 Å². The first kappa shape index (κ1) is 36.6. The van der Waals surface area contributed by atoms with Gasteiger partial charge >= 0.3 is 6.08 Å². The number of Topliss-reactive ketones (excluding diaryl/α,β-unsaturated/α-hetero) is 1. The molecule has 0 saturated heterocycles. The number of fused-ring (bicyclic) bond motifs is 1. The fourth-order valence-corrected chi connectivity index (χ4v) is 6.36. The van der Waals surface area contributed by atoms with Crippen LogP contribution in [0, 0.1) is 13.0 Å². The number of hydrogen-bond acceptors (Lipinski definition) is 15. The predicted octanol–water partition coefficient (Wildman–Crippen LogP) is 6.63. The van der Waals surface area contributed by atoms with Crippen molar-refractivity contribution >= 4 is 95.4 Å². The van der Waals surface area contributed by atoms with Gasteiger partial charge in [-0.2, -0.15) is 46.4 Å². The average Bonchev–Trinajstić information content (AvgIpc) is 3.07. The van der Waals surface area contributed by atoms with E-state index in [1.165, 1.54) is 18.2 Å². The van der Waals surface area contributed by atoms with Crippen LogP contribution in [0.1, 0.15) is 21.5 Å². The molecule has 1 heterocycles. The van der Waals surface area contributed by atoms with Crippen molar-refractivity contribution < 1.29 is 35.1 Å². The van der Waals surface area contributed by atoms with E-state index in [2.05, 4.69) is 46.3 Å². The Bertz CT molecular complexity index is 2620. The van der Waals surface area contributed by atoms with E-state index < -0.39 is 53.3 Å². The molecule has 0 saturated carbocycles. The molecule has 0 fully saturated rings. The summed E-state index contributed by atoms with van der Waals surface area (Å²) in [5.74, 6) is -1.33. The number of aromatic nitrogens is 3. The Labute approximate surface area is 305 Å². The first-order chi connectivity index (χ1) is 25.0. The minimum absolute atomic E-state index is 0.00647. The molecule has 21 heteroatoms. The zero-order valence-electron chi connectivity index (χ0n) is 26.9. The molecule has 0 spiro atoms. The Morgan fingerprint density at radius 1 is 0.811 bits per heavy atom. The van der Waals surface area contributed by atoms with E-state index in [9.17, 15) is 35.1 Å². The highest BCUT2D eigenvalue weighted by Gasteiger charge is 2.30. The number of halogens is 2. The van der Waals surface area contributed by atoms with Crippen LogP contribution in [0.4, 0.5) is 50.4 Å². The molecule has 1 aliphatic carbocycles. The molecule has 4 aromatic carbocycles. The highest BCUT2D eigenvalue weighted by Crippen LogP contribution is 2.39. The molecule has 0 atom stereocenters. The molecule has 7 N–H and O–H groups in total. The molecule has 1 aromatic heterocycles. The van der Waals surface area contributed by atoms with Gasteiger partial charge in [-0.25, -0.2) is 0 Å². The maximum absolute atomic E-state index is 14.3. The number of nitrogens with one attached hydrogen (secondary N) is 3. The topological polar surface area (TPSA) is 264 Å². The largest absolute Gasteiger partial charge is 0.396 e. The Hall–Kier alpha value is -6.19. The van der Waals surface area contributed by atoms with Crippen LogP contribution in [0.5, 0.6) is 0 Å². The van der Waals surface area contributed by atoms with Crippen LogP contribution in [0.2, 0.25) is 5.02 Å². The van der Waals surface area contributed by atoms with E-state index in [4.69, 9.17) is 17.3 Å². The van der Waals surface area contributed by atoms with Crippen molar-refractivity contribution in [2.45, 2.75) is 16.7 Å². The van der Waals surface area contributed by atoms with Crippen LogP contribution >= 0.6 is 11.6 Å². The van der Waals surface area contributed by atoms with Gasteiger partial charge in [-0.3, -0.25) is 19.3 Å². The summed E-state index contributed by atoms with van der Waals surface area (Å²) in [5.41, 5.74) is 8.63. The van der Waals surface area contributed by atoms with Crippen molar-refractivity contribution in [3.8, 4) is 0 Å². The van der Waals surface area contributed by atoms with Crippen LogP contribution in [0.15, 0.2) is 104 Å². The first-order valence-corrected chi connectivity index (χ1v) is 18.1. The van der Waals surface area contributed by atoms with Crippen molar-refractivity contribution in [3.63, 3.8) is 0 Å². The van der Waals surface area contributed by atoms with Gasteiger partial charge in [0, 0.05) is 16.4 Å². The number of rotatable bonds is 10. The molecule has 5 aromatic rings. The van der Waals surface area contributed by atoms with E-state index >= 15 is 0 Å². The van der Waals surface area contributed by atoms with Crippen molar-refractivity contribution in [2.24, 2.45) is 15.3 Å². The van der Waals surface area contributed by atoms with Crippen LogP contribution in [0.25, 0.3) is 6.08 Å². The van der Waals surface area contributed by atoms with Crippen molar-refractivity contribution in [1.82, 2.24) is 15.0 Å². The Morgan fingerprint density at radius 3 is 2.11 bits per heavy atom. The normalized spacial score (nSPS) is 13.7. The number of benzene rings is 4. The number of nitrogens with zero attached hydrogens (tertiary/aromatic N) is 6. The molecule has 0 bridgehead atoms. The standard InChI is InChI=1S/C32H24ClFN10O7S2/c1-16-5-8-19(9-6-16)41-44-28-25(53(49,50)51)13-17-7-11-22(29(45)26(17)27(28)35)42-43-23-15-21(10-12-24(23)52(46,47)48)37-32-39-30(34)38-31(40-32)36-20-4-2-3-18(33)14-20/h2-15,43H,35H2,1H3,(H,46,47,48)(H,49,50,51)(H2,36,37,38,39,40)/b42-22-,44-41?. The molecular formula is C32H24ClFN10O7S2. The third kappa shape index (κ3) is 8.48. The molecule has 0 unspecified atom stereocenters. The smallest absolute Gasteiger partial charge is 0.315 e. The lowest BCUT2D eigenvalue weighted by molar-refractivity contribution is 0.106. The van der Waals surface area contributed by atoms with Gasteiger partial charge in [0.25, 0.3) is 20.2 Å². The van der Waals surface area contributed by atoms with E-state index in [-0.39, 0.29) is 40.1 Å². The molecular weight excluding hydrogens is 755 g/mol. The number of nitrogen functional groups attached to an aromatic ring is 1. The van der Waals surface area contributed by atoms with Crippen LogP contribution < -0.4 is 21.8 Å². The lowest BCUT2D eigenvalue weighted by Gasteiger charge is -2.17. The summed E-state index contributed by atoms with van der Waals surface area (Å²) in [6, 6.07) is 17.5. The lowest BCUT2D eigenvalue weighted by Crippen LogP contribution is -2.21.